The first-order valence-electron chi connectivity index (χ1n) is 11.0. The van der Waals surface area contributed by atoms with E-state index in [4.69, 9.17) is 25.8 Å². The first kappa shape index (κ1) is 26.3. The molecule has 1 aliphatic rings. The number of esters is 2. The van der Waals surface area contributed by atoms with E-state index in [0.29, 0.717) is 24.8 Å². The standard InChI is InChI=1S/C25H26ClFN2O6/c1-33-10-11-35-25(32)18-8-4-3-7-17(18)23(30)29(15-16-6-5-9-28-14-16)22-12-19(24(31)34-2)20(26)13-21(22)27/h5-6,9,12-14H,3-4,7-8,10-11,15H2,1-2H3. The van der Waals surface area contributed by atoms with E-state index in [0.717, 1.165) is 12.5 Å². The third-order valence-electron chi connectivity index (χ3n) is 5.53. The van der Waals surface area contributed by atoms with Crippen LogP contribution in [0.15, 0.2) is 47.8 Å². The van der Waals surface area contributed by atoms with Crippen molar-refractivity contribution in [2.24, 2.45) is 0 Å². The molecule has 0 bridgehead atoms. The molecular formula is C25H26ClFN2O6. The summed E-state index contributed by atoms with van der Waals surface area (Å²) in [6.45, 7) is 0.219. The largest absolute Gasteiger partial charge is 0.465 e. The van der Waals surface area contributed by atoms with E-state index >= 15 is 4.39 Å². The molecule has 0 radical (unpaired) electrons. The van der Waals surface area contributed by atoms with Crippen molar-refractivity contribution in [3.05, 3.63) is 69.8 Å². The summed E-state index contributed by atoms with van der Waals surface area (Å²) in [6.07, 6.45) is 5.22. The van der Waals surface area contributed by atoms with Crippen LogP contribution in [-0.4, -0.2) is 50.3 Å². The lowest BCUT2D eigenvalue weighted by Crippen LogP contribution is -2.35. The third kappa shape index (κ3) is 6.43. The summed E-state index contributed by atoms with van der Waals surface area (Å²) in [6, 6.07) is 5.56. The summed E-state index contributed by atoms with van der Waals surface area (Å²) in [5.41, 5.74) is 0.864. The van der Waals surface area contributed by atoms with Crippen LogP contribution in [0.5, 0.6) is 0 Å². The molecule has 0 N–H and O–H groups in total. The summed E-state index contributed by atoms with van der Waals surface area (Å²) in [4.78, 5) is 44.0. The molecule has 2 aromatic rings. The van der Waals surface area contributed by atoms with Gasteiger partial charge in [0.1, 0.15) is 12.4 Å². The number of amides is 1. The van der Waals surface area contributed by atoms with Gasteiger partial charge in [-0.2, -0.15) is 0 Å². The lowest BCUT2D eigenvalue weighted by Gasteiger charge is -2.28. The second-order valence-electron chi connectivity index (χ2n) is 7.82. The average molecular weight is 505 g/mol. The van der Waals surface area contributed by atoms with Crippen molar-refractivity contribution in [3.63, 3.8) is 0 Å². The minimum atomic E-state index is -0.805. The maximum atomic E-state index is 15.2. The number of methoxy groups -OCH3 is 2. The number of pyridine rings is 1. The zero-order valence-corrected chi connectivity index (χ0v) is 20.3. The highest BCUT2D eigenvalue weighted by Gasteiger charge is 2.31. The molecule has 0 fully saturated rings. The smallest absolute Gasteiger partial charge is 0.339 e. The Hall–Kier alpha value is -3.30. The normalized spacial score (nSPS) is 13.4. The molecule has 0 saturated heterocycles. The molecule has 35 heavy (non-hydrogen) atoms. The predicted octanol–water partition coefficient (Wildman–Crippen LogP) is 4.25. The number of carbonyl (C=O) groups is 3. The molecule has 1 aromatic carbocycles. The molecule has 0 atom stereocenters. The number of hydrogen-bond donors (Lipinski definition) is 0. The Labute approximate surface area is 207 Å². The van der Waals surface area contributed by atoms with Crippen LogP contribution in [-0.2, 0) is 30.3 Å². The Balaban J connectivity index is 2.08. The van der Waals surface area contributed by atoms with Crippen LogP contribution in [0.3, 0.4) is 0 Å². The highest BCUT2D eigenvalue weighted by atomic mass is 35.5. The number of benzene rings is 1. The van der Waals surface area contributed by atoms with Gasteiger partial charge in [-0.05, 0) is 49.4 Å². The van der Waals surface area contributed by atoms with E-state index in [2.05, 4.69) is 4.98 Å². The van der Waals surface area contributed by atoms with Crippen molar-refractivity contribution in [1.82, 2.24) is 4.98 Å². The molecule has 10 heteroatoms. The second-order valence-corrected chi connectivity index (χ2v) is 8.23. The van der Waals surface area contributed by atoms with E-state index in [-0.39, 0.29) is 47.2 Å². The first-order chi connectivity index (χ1) is 16.9. The monoisotopic (exact) mass is 504 g/mol. The van der Waals surface area contributed by atoms with E-state index in [1.54, 1.807) is 24.5 Å². The molecule has 1 aromatic heterocycles. The molecule has 0 aliphatic heterocycles. The topological polar surface area (TPSA) is 95.0 Å². The Kier molecular flexibility index (Phi) is 9.33. The van der Waals surface area contributed by atoms with Gasteiger partial charge in [0.25, 0.3) is 5.91 Å². The first-order valence-corrected chi connectivity index (χ1v) is 11.4. The molecule has 186 valence electrons. The SMILES string of the molecule is COCCOC(=O)C1=C(C(=O)N(Cc2cccnc2)c2cc(C(=O)OC)c(Cl)cc2F)CCCC1. The van der Waals surface area contributed by atoms with Gasteiger partial charge in [-0.1, -0.05) is 17.7 Å². The number of rotatable bonds is 9. The van der Waals surface area contributed by atoms with Gasteiger partial charge in [0.2, 0.25) is 0 Å². The fourth-order valence-electron chi connectivity index (χ4n) is 3.79. The predicted molar refractivity (Wildman–Crippen MR) is 127 cm³/mol. The zero-order chi connectivity index (χ0) is 25.4. The number of nitrogens with zero attached hydrogens (tertiary/aromatic N) is 2. The van der Waals surface area contributed by atoms with Gasteiger partial charge >= 0.3 is 11.9 Å². The number of anilines is 1. The fourth-order valence-corrected chi connectivity index (χ4v) is 4.01. The van der Waals surface area contributed by atoms with Gasteiger partial charge in [-0.25, -0.2) is 14.0 Å². The highest BCUT2D eigenvalue weighted by Crippen LogP contribution is 2.33. The van der Waals surface area contributed by atoms with Gasteiger partial charge in [0.15, 0.2) is 0 Å². The molecular weight excluding hydrogens is 479 g/mol. The lowest BCUT2D eigenvalue weighted by molar-refractivity contribution is -0.140. The highest BCUT2D eigenvalue weighted by molar-refractivity contribution is 6.33. The number of carbonyl (C=O) groups excluding carboxylic acids is 3. The van der Waals surface area contributed by atoms with Crippen LogP contribution in [0.2, 0.25) is 5.02 Å². The van der Waals surface area contributed by atoms with E-state index in [9.17, 15) is 14.4 Å². The lowest BCUT2D eigenvalue weighted by atomic mass is 9.90. The van der Waals surface area contributed by atoms with Gasteiger partial charge < -0.3 is 19.1 Å². The second kappa shape index (κ2) is 12.4. The minimum absolute atomic E-state index is 0.0496. The van der Waals surface area contributed by atoms with Crippen molar-refractivity contribution >= 4 is 35.1 Å². The van der Waals surface area contributed by atoms with Gasteiger partial charge in [0, 0.05) is 30.6 Å². The van der Waals surface area contributed by atoms with Crippen molar-refractivity contribution in [1.29, 1.82) is 0 Å². The van der Waals surface area contributed by atoms with Gasteiger partial charge in [-0.15, -0.1) is 0 Å². The van der Waals surface area contributed by atoms with E-state index in [1.807, 2.05) is 0 Å². The van der Waals surface area contributed by atoms with Crippen LogP contribution < -0.4 is 4.90 Å². The quantitative estimate of drug-likeness (QED) is 0.372. The number of halogens is 2. The summed E-state index contributed by atoms with van der Waals surface area (Å²) in [5.74, 6) is -2.74. The summed E-state index contributed by atoms with van der Waals surface area (Å²) in [5, 5.41) is -0.147. The Morgan fingerprint density at radius 2 is 1.83 bits per heavy atom. The van der Waals surface area contributed by atoms with Gasteiger partial charge in [0.05, 0.1) is 36.5 Å². The number of ether oxygens (including phenoxy) is 3. The van der Waals surface area contributed by atoms with Crippen molar-refractivity contribution in [3.8, 4) is 0 Å². The van der Waals surface area contributed by atoms with Crippen LogP contribution in [0.4, 0.5) is 10.1 Å². The van der Waals surface area contributed by atoms with Crippen molar-refractivity contribution < 1.29 is 33.0 Å². The molecule has 0 saturated carbocycles. The Morgan fingerprint density at radius 3 is 2.49 bits per heavy atom. The Bertz CT molecular complexity index is 1120. The summed E-state index contributed by atoms with van der Waals surface area (Å²) in [7, 11) is 2.66. The molecule has 1 amide bonds. The average Bonchev–Trinajstić information content (AvgIpc) is 2.87. The number of hydrogen-bond acceptors (Lipinski definition) is 7. The Morgan fingerprint density at radius 1 is 1.09 bits per heavy atom. The van der Waals surface area contributed by atoms with Gasteiger partial charge in [-0.3, -0.25) is 9.78 Å². The zero-order valence-electron chi connectivity index (χ0n) is 19.5. The van der Waals surface area contributed by atoms with Crippen LogP contribution in [0, 0.1) is 5.82 Å². The summed E-state index contributed by atoms with van der Waals surface area (Å²) < 4.78 is 30.1. The van der Waals surface area contributed by atoms with E-state index < -0.39 is 23.7 Å². The van der Waals surface area contributed by atoms with Crippen LogP contribution >= 0.6 is 11.6 Å². The number of aromatic nitrogens is 1. The minimum Gasteiger partial charge on any atom is -0.465 e. The molecule has 3 rings (SSSR count). The van der Waals surface area contributed by atoms with Crippen molar-refractivity contribution in [2.45, 2.75) is 32.2 Å². The summed E-state index contributed by atoms with van der Waals surface area (Å²) >= 11 is 6.06. The molecule has 1 heterocycles. The molecule has 0 unspecified atom stereocenters. The van der Waals surface area contributed by atoms with Crippen LogP contribution in [0.25, 0.3) is 0 Å². The third-order valence-corrected chi connectivity index (χ3v) is 5.85. The fraction of sp³-hybridized carbons (Fsp3) is 0.360. The van der Waals surface area contributed by atoms with Crippen molar-refractivity contribution in [2.75, 3.05) is 32.3 Å². The van der Waals surface area contributed by atoms with Crippen LogP contribution in [0.1, 0.15) is 41.6 Å². The molecule has 8 nitrogen and oxygen atoms in total. The maximum absolute atomic E-state index is 15.2. The maximum Gasteiger partial charge on any atom is 0.339 e. The molecule has 1 aliphatic carbocycles. The van der Waals surface area contributed by atoms with E-state index in [1.165, 1.54) is 25.2 Å². The molecule has 0 spiro atoms.